The van der Waals surface area contributed by atoms with Crippen molar-refractivity contribution in [2.24, 2.45) is 7.05 Å². The maximum absolute atomic E-state index is 12.1. The van der Waals surface area contributed by atoms with E-state index < -0.39 is 0 Å². The fraction of sp³-hybridized carbons (Fsp3) is 0.125. The minimum absolute atomic E-state index is 0.249. The first-order valence-electron chi connectivity index (χ1n) is 6.97. The van der Waals surface area contributed by atoms with E-state index >= 15 is 0 Å². The molecule has 0 amide bonds. The van der Waals surface area contributed by atoms with E-state index in [0.717, 1.165) is 9.13 Å². The number of rotatable bonds is 4. The first-order chi connectivity index (χ1) is 11.6. The quantitative estimate of drug-likeness (QED) is 0.469. The maximum Gasteiger partial charge on any atom is 0.368 e. The van der Waals surface area contributed by atoms with Crippen LogP contribution >= 0.6 is 22.6 Å². The molecule has 0 unspecified atom stereocenters. The van der Waals surface area contributed by atoms with Gasteiger partial charge >= 0.3 is 5.69 Å². The van der Waals surface area contributed by atoms with E-state index in [1.807, 2.05) is 12.1 Å². The van der Waals surface area contributed by atoms with Crippen LogP contribution in [-0.2, 0) is 13.7 Å². The van der Waals surface area contributed by atoms with Crippen molar-refractivity contribution in [3.8, 4) is 11.4 Å². The van der Waals surface area contributed by atoms with Crippen LogP contribution in [0.15, 0.2) is 47.3 Å². The molecule has 0 bridgehead atoms. The van der Waals surface area contributed by atoms with Crippen LogP contribution in [0.3, 0.4) is 0 Å². The minimum Gasteiger partial charge on any atom is -0.490 e. The second-order valence-corrected chi connectivity index (χ2v) is 6.09. The van der Waals surface area contributed by atoms with Gasteiger partial charge in [0.1, 0.15) is 12.4 Å². The van der Waals surface area contributed by atoms with Crippen molar-refractivity contribution in [1.29, 1.82) is 0 Å². The Morgan fingerprint density at radius 2 is 2.04 bits per heavy atom. The van der Waals surface area contributed by atoms with Crippen LogP contribution in [0.25, 0.3) is 10.5 Å². The Kier molecular flexibility index (Phi) is 4.61. The van der Waals surface area contributed by atoms with Crippen molar-refractivity contribution >= 4 is 28.3 Å². The highest BCUT2D eigenvalue weighted by molar-refractivity contribution is 14.1. The second-order valence-electron chi connectivity index (χ2n) is 4.93. The van der Waals surface area contributed by atoms with Crippen LogP contribution in [0.4, 0.5) is 5.69 Å². The first-order valence-corrected chi connectivity index (χ1v) is 8.05. The van der Waals surface area contributed by atoms with Gasteiger partial charge in [-0.15, -0.1) is 0 Å². The number of aryl methyl sites for hydroxylation is 1. The van der Waals surface area contributed by atoms with Gasteiger partial charge in [0.25, 0.3) is 0 Å². The number of benzene rings is 2. The average molecular weight is 433 g/mol. The van der Waals surface area contributed by atoms with Gasteiger partial charge in [-0.05, 0) is 57.3 Å². The molecule has 0 atom stereocenters. The van der Waals surface area contributed by atoms with Crippen molar-refractivity contribution in [2.75, 3.05) is 0 Å². The number of hydrogen-bond acceptors (Lipinski definition) is 4. The van der Waals surface area contributed by atoms with Crippen LogP contribution in [-0.4, -0.2) is 19.8 Å². The van der Waals surface area contributed by atoms with Crippen LogP contribution in [0.2, 0.25) is 0 Å². The van der Waals surface area contributed by atoms with Crippen molar-refractivity contribution in [1.82, 2.24) is 19.8 Å². The summed E-state index contributed by atoms with van der Waals surface area (Å²) in [5.74, 6) is 0.598. The van der Waals surface area contributed by atoms with Crippen LogP contribution in [0, 0.1) is 10.1 Å². The number of nitrogens with zero attached hydrogens (tertiary/aromatic N) is 5. The van der Waals surface area contributed by atoms with Gasteiger partial charge in [-0.2, -0.15) is 9.36 Å². The highest BCUT2D eigenvalue weighted by Crippen LogP contribution is 2.24. The molecule has 0 spiro atoms. The van der Waals surface area contributed by atoms with E-state index in [-0.39, 0.29) is 12.3 Å². The zero-order valence-corrected chi connectivity index (χ0v) is 14.8. The smallest absolute Gasteiger partial charge is 0.368 e. The normalized spacial score (nSPS) is 10.4. The van der Waals surface area contributed by atoms with Crippen LogP contribution < -0.4 is 10.4 Å². The van der Waals surface area contributed by atoms with Gasteiger partial charge in [-0.25, -0.2) is 9.64 Å². The van der Waals surface area contributed by atoms with Crippen molar-refractivity contribution in [2.45, 2.75) is 6.61 Å². The molecule has 0 fully saturated rings. The maximum atomic E-state index is 12.1. The van der Waals surface area contributed by atoms with Gasteiger partial charge in [-0.1, -0.05) is 18.2 Å². The van der Waals surface area contributed by atoms with Gasteiger partial charge < -0.3 is 4.74 Å². The Morgan fingerprint density at radius 1 is 1.25 bits per heavy atom. The van der Waals surface area contributed by atoms with Gasteiger partial charge in [0.2, 0.25) is 0 Å². The molecule has 3 rings (SSSR count). The topological polar surface area (TPSA) is 66.3 Å². The molecule has 0 N–H and O–H groups in total. The summed E-state index contributed by atoms with van der Waals surface area (Å²) in [5, 5.41) is 7.63. The van der Waals surface area contributed by atoms with E-state index in [0.29, 0.717) is 17.1 Å². The lowest BCUT2D eigenvalue weighted by Gasteiger charge is -2.12. The number of halogens is 1. The second kappa shape index (κ2) is 6.84. The van der Waals surface area contributed by atoms with Crippen molar-refractivity contribution in [3.05, 3.63) is 73.5 Å². The molecule has 1 aromatic heterocycles. The third-order valence-electron chi connectivity index (χ3n) is 3.37. The lowest BCUT2D eigenvalue weighted by molar-refractivity contribution is 0.305. The van der Waals surface area contributed by atoms with Crippen molar-refractivity contribution in [3.63, 3.8) is 0 Å². The van der Waals surface area contributed by atoms with Gasteiger partial charge in [-0.3, -0.25) is 0 Å². The SMILES string of the molecule is [C-]#[N+]c1cccc(OCc2c(I)cccc2-n2nnn(C)c2=O)c1. The molecule has 3 aromatic rings. The Bertz CT molecular complexity index is 987. The Balaban J connectivity index is 1.95. The number of tetrazole rings is 1. The predicted octanol–water partition coefficient (Wildman–Crippen LogP) is 2.70. The molecule has 0 saturated heterocycles. The molecule has 24 heavy (non-hydrogen) atoms. The highest BCUT2D eigenvalue weighted by atomic mass is 127. The lowest BCUT2D eigenvalue weighted by Crippen LogP contribution is -2.23. The van der Waals surface area contributed by atoms with E-state index in [4.69, 9.17) is 11.3 Å². The summed E-state index contributed by atoms with van der Waals surface area (Å²) in [6, 6.07) is 12.5. The standard InChI is InChI=1S/C16H12IN5O2/c1-18-11-5-3-6-12(9-11)24-10-13-14(17)7-4-8-15(13)22-16(23)21(2)19-20-22/h3-9H,10H2,2H3. The highest BCUT2D eigenvalue weighted by Gasteiger charge is 2.14. The Morgan fingerprint density at radius 3 is 2.75 bits per heavy atom. The third kappa shape index (κ3) is 3.16. The molecule has 7 nitrogen and oxygen atoms in total. The molecular formula is C16H12IN5O2. The summed E-state index contributed by atoms with van der Waals surface area (Å²) in [6.07, 6.45) is 0. The molecule has 120 valence electrons. The molecule has 0 saturated carbocycles. The molecule has 0 aliphatic carbocycles. The number of ether oxygens (including phenoxy) is 1. The minimum atomic E-state index is -0.326. The summed E-state index contributed by atoms with van der Waals surface area (Å²) in [7, 11) is 1.55. The summed E-state index contributed by atoms with van der Waals surface area (Å²) in [4.78, 5) is 15.5. The van der Waals surface area contributed by atoms with Crippen LogP contribution in [0.1, 0.15) is 5.56 Å². The zero-order valence-electron chi connectivity index (χ0n) is 12.7. The largest absolute Gasteiger partial charge is 0.490 e. The van der Waals surface area contributed by atoms with E-state index in [9.17, 15) is 4.79 Å². The lowest BCUT2D eigenvalue weighted by atomic mass is 10.2. The van der Waals surface area contributed by atoms with Gasteiger partial charge in [0, 0.05) is 16.2 Å². The monoisotopic (exact) mass is 433 g/mol. The van der Waals surface area contributed by atoms with Gasteiger partial charge in [0.15, 0.2) is 5.69 Å². The summed E-state index contributed by atoms with van der Waals surface area (Å²) >= 11 is 2.19. The fourth-order valence-corrected chi connectivity index (χ4v) is 2.79. The predicted molar refractivity (Wildman–Crippen MR) is 96.4 cm³/mol. The summed E-state index contributed by atoms with van der Waals surface area (Å²) < 4.78 is 9.17. The van der Waals surface area contributed by atoms with Crippen LogP contribution in [0.5, 0.6) is 5.75 Å². The first kappa shape index (κ1) is 16.2. The molecule has 0 radical (unpaired) electrons. The van der Waals surface area contributed by atoms with Gasteiger partial charge in [0.05, 0.1) is 12.3 Å². The number of hydrogen-bond donors (Lipinski definition) is 0. The molecule has 2 aromatic carbocycles. The number of aromatic nitrogens is 4. The van der Waals surface area contributed by atoms with E-state index in [2.05, 4.69) is 37.9 Å². The summed E-state index contributed by atoms with van der Waals surface area (Å²) in [5.41, 5.74) is 1.64. The Hall–Kier alpha value is -2.67. The molecule has 0 aliphatic heterocycles. The average Bonchev–Trinajstić information content (AvgIpc) is 2.93. The fourth-order valence-electron chi connectivity index (χ4n) is 2.15. The zero-order chi connectivity index (χ0) is 17.1. The molecular weight excluding hydrogens is 421 g/mol. The van der Waals surface area contributed by atoms with E-state index in [1.54, 1.807) is 37.4 Å². The molecule has 1 heterocycles. The molecule has 0 aliphatic rings. The van der Waals surface area contributed by atoms with E-state index in [1.165, 1.54) is 9.36 Å². The molecule has 8 heteroatoms. The van der Waals surface area contributed by atoms with Crippen molar-refractivity contribution < 1.29 is 4.74 Å². The summed E-state index contributed by atoms with van der Waals surface area (Å²) in [6.45, 7) is 7.30. The third-order valence-corrected chi connectivity index (χ3v) is 4.38. The Labute approximate surface area is 151 Å².